The van der Waals surface area contributed by atoms with Gasteiger partial charge in [-0.25, -0.2) is 0 Å². The maximum atomic E-state index is 12.4. The maximum Gasteiger partial charge on any atom is 0.269 e. The topological polar surface area (TPSA) is 105 Å². The van der Waals surface area contributed by atoms with Crippen molar-refractivity contribution in [3.63, 3.8) is 0 Å². The second kappa shape index (κ2) is 10.1. The molecule has 1 fully saturated rings. The number of rotatable bonds is 7. The lowest BCUT2D eigenvalue weighted by molar-refractivity contribution is -0.384. The van der Waals surface area contributed by atoms with Crippen LogP contribution in [0.15, 0.2) is 42.5 Å². The standard InChI is InChI=1S/C21H23ClN4O5/c1-2-21(28)25-11-9-24(10-12-25)19-8-3-15(22)13-18(19)23-20(27)14-31-17-6-4-16(5-7-17)26(29)30/h3-8,13H,2,9-12,14H2,1H3,(H,23,27). The molecule has 10 heteroatoms. The van der Waals surface area contributed by atoms with Crippen molar-refractivity contribution in [1.82, 2.24) is 4.90 Å². The van der Waals surface area contributed by atoms with Crippen molar-refractivity contribution >= 4 is 40.5 Å². The van der Waals surface area contributed by atoms with Gasteiger partial charge in [-0.05, 0) is 30.3 Å². The molecule has 0 aliphatic carbocycles. The number of nitrogens with zero attached hydrogens (tertiary/aromatic N) is 3. The van der Waals surface area contributed by atoms with Gasteiger partial charge in [0, 0.05) is 49.8 Å². The Hall–Kier alpha value is -3.33. The summed E-state index contributed by atoms with van der Waals surface area (Å²) in [6, 6.07) is 10.8. The van der Waals surface area contributed by atoms with Crippen LogP contribution in [0, 0.1) is 10.1 Å². The van der Waals surface area contributed by atoms with Gasteiger partial charge in [0.05, 0.1) is 16.3 Å². The Balaban J connectivity index is 1.62. The van der Waals surface area contributed by atoms with E-state index in [9.17, 15) is 19.7 Å². The number of carbonyl (C=O) groups excluding carboxylic acids is 2. The van der Waals surface area contributed by atoms with Gasteiger partial charge in [-0.3, -0.25) is 19.7 Å². The van der Waals surface area contributed by atoms with E-state index in [0.29, 0.717) is 49.1 Å². The lowest BCUT2D eigenvalue weighted by atomic mass is 10.2. The molecule has 9 nitrogen and oxygen atoms in total. The van der Waals surface area contributed by atoms with Gasteiger partial charge in [-0.1, -0.05) is 18.5 Å². The molecule has 1 heterocycles. The molecule has 31 heavy (non-hydrogen) atoms. The summed E-state index contributed by atoms with van der Waals surface area (Å²) in [5.41, 5.74) is 1.32. The van der Waals surface area contributed by atoms with Crippen molar-refractivity contribution in [2.75, 3.05) is 43.0 Å². The number of nitro groups is 1. The van der Waals surface area contributed by atoms with Gasteiger partial charge in [0.15, 0.2) is 6.61 Å². The highest BCUT2D eigenvalue weighted by atomic mass is 35.5. The first-order valence-electron chi connectivity index (χ1n) is 9.86. The van der Waals surface area contributed by atoms with E-state index in [1.54, 1.807) is 12.1 Å². The third-order valence-corrected chi connectivity index (χ3v) is 5.16. The number of ether oxygens (including phenoxy) is 1. The average molecular weight is 447 g/mol. The van der Waals surface area contributed by atoms with Crippen molar-refractivity contribution in [2.45, 2.75) is 13.3 Å². The molecule has 164 valence electrons. The second-order valence-electron chi connectivity index (χ2n) is 6.97. The summed E-state index contributed by atoms with van der Waals surface area (Å²) in [6.45, 7) is 4.12. The molecule has 1 aliphatic heterocycles. The smallest absolute Gasteiger partial charge is 0.269 e. The van der Waals surface area contributed by atoms with Crippen LogP contribution in [-0.4, -0.2) is 54.4 Å². The van der Waals surface area contributed by atoms with Crippen LogP contribution in [0.1, 0.15) is 13.3 Å². The van der Waals surface area contributed by atoms with E-state index in [4.69, 9.17) is 16.3 Å². The molecule has 0 radical (unpaired) electrons. The molecule has 0 aromatic heterocycles. The number of benzene rings is 2. The number of nitrogens with one attached hydrogen (secondary N) is 1. The Bertz CT molecular complexity index is 959. The molecule has 0 spiro atoms. The summed E-state index contributed by atoms with van der Waals surface area (Å²) < 4.78 is 5.42. The van der Waals surface area contributed by atoms with Crippen LogP contribution in [0.4, 0.5) is 17.1 Å². The summed E-state index contributed by atoms with van der Waals surface area (Å²) in [7, 11) is 0. The van der Waals surface area contributed by atoms with Gasteiger partial charge < -0.3 is 19.9 Å². The van der Waals surface area contributed by atoms with E-state index >= 15 is 0 Å². The van der Waals surface area contributed by atoms with Crippen LogP contribution in [0.3, 0.4) is 0 Å². The largest absolute Gasteiger partial charge is 0.484 e. The number of nitro benzene ring substituents is 1. The fourth-order valence-corrected chi connectivity index (χ4v) is 3.48. The van der Waals surface area contributed by atoms with Gasteiger partial charge in [-0.2, -0.15) is 0 Å². The van der Waals surface area contributed by atoms with Crippen LogP contribution in [-0.2, 0) is 9.59 Å². The zero-order valence-electron chi connectivity index (χ0n) is 17.0. The fraction of sp³-hybridized carbons (Fsp3) is 0.333. The Kier molecular flexibility index (Phi) is 7.30. The Morgan fingerprint density at radius 3 is 2.42 bits per heavy atom. The van der Waals surface area contributed by atoms with E-state index in [1.807, 2.05) is 17.9 Å². The molecule has 2 aromatic carbocycles. The Labute approximate surface area is 184 Å². The van der Waals surface area contributed by atoms with E-state index < -0.39 is 4.92 Å². The summed E-state index contributed by atoms with van der Waals surface area (Å²) in [6.07, 6.45) is 0.483. The summed E-state index contributed by atoms with van der Waals surface area (Å²) in [5, 5.41) is 14.0. The van der Waals surface area contributed by atoms with Crippen LogP contribution < -0.4 is 15.0 Å². The molecule has 1 N–H and O–H groups in total. The van der Waals surface area contributed by atoms with Crippen molar-refractivity contribution in [1.29, 1.82) is 0 Å². The van der Waals surface area contributed by atoms with Gasteiger partial charge in [0.25, 0.3) is 11.6 Å². The third-order valence-electron chi connectivity index (χ3n) is 4.93. The SMILES string of the molecule is CCC(=O)N1CCN(c2ccc(Cl)cc2NC(=O)COc2ccc([N+](=O)[O-])cc2)CC1. The molecule has 0 saturated carbocycles. The van der Waals surface area contributed by atoms with Gasteiger partial charge in [0.2, 0.25) is 5.91 Å². The van der Waals surface area contributed by atoms with E-state index in [2.05, 4.69) is 10.2 Å². The van der Waals surface area contributed by atoms with E-state index in [1.165, 1.54) is 24.3 Å². The number of amides is 2. The van der Waals surface area contributed by atoms with Crippen molar-refractivity contribution in [3.05, 3.63) is 57.6 Å². The van der Waals surface area contributed by atoms with Crippen LogP contribution in [0.25, 0.3) is 0 Å². The number of anilines is 2. The zero-order valence-corrected chi connectivity index (χ0v) is 17.8. The Morgan fingerprint density at radius 2 is 1.81 bits per heavy atom. The number of halogens is 1. The molecule has 0 unspecified atom stereocenters. The second-order valence-corrected chi connectivity index (χ2v) is 7.41. The number of non-ortho nitro benzene ring substituents is 1. The van der Waals surface area contributed by atoms with Gasteiger partial charge in [-0.15, -0.1) is 0 Å². The van der Waals surface area contributed by atoms with Crippen LogP contribution >= 0.6 is 11.6 Å². The van der Waals surface area contributed by atoms with Crippen molar-refractivity contribution in [2.24, 2.45) is 0 Å². The molecule has 0 bridgehead atoms. The molecule has 0 atom stereocenters. The summed E-state index contributed by atoms with van der Waals surface area (Å²) in [5.74, 6) is 0.0955. The maximum absolute atomic E-state index is 12.4. The van der Waals surface area contributed by atoms with E-state index in [-0.39, 0.29) is 24.1 Å². The molecule has 3 rings (SSSR count). The third kappa shape index (κ3) is 5.85. The van der Waals surface area contributed by atoms with Gasteiger partial charge >= 0.3 is 0 Å². The normalized spacial score (nSPS) is 13.6. The number of hydrogen-bond donors (Lipinski definition) is 1. The summed E-state index contributed by atoms with van der Waals surface area (Å²) >= 11 is 6.13. The molecule has 2 aromatic rings. The monoisotopic (exact) mass is 446 g/mol. The Morgan fingerprint density at radius 1 is 1.13 bits per heavy atom. The molecule has 1 aliphatic rings. The minimum absolute atomic E-state index is 0.0545. The molecular formula is C21H23ClN4O5. The number of carbonyl (C=O) groups is 2. The lowest BCUT2D eigenvalue weighted by Crippen LogP contribution is -2.48. The molecular weight excluding hydrogens is 424 g/mol. The lowest BCUT2D eigenvalue weighted by Gasteiger charge is -2.37. The summed E-state index contributed by atoms with van der Waals surface area (Å²) in [4.78, 5) is 38.5. The minimum atomic E-state index is -0.505. The molecule has 2 amide bonds. The average Bonchev–Trinajstić information content (AvgIpc) is 2.77. The predicted molar refractivity (Wildman–Crippen MR) is 118 cm³/mol. The first kappa shape index (κ1) is 22.4. The van der Waals surface area contributed by atoms with Crippen molar-refractivity contribution in [3.8, 4) is 5.75 Å². The van der Waals surface area contributed by atoms with Gasteiger partial charge in [0.1, 0.15) is 5.75 Å². The highest BCUT2D eigenvalue weighted by molar-refractivity contribution is 6.31. The highest BCUT2D eigenvalue weighted by Crippen LogP contribution is 2.30. The number of hydrogen-bond acceptors (Lipinski definition) is 6. The predicted octanol–water partition coefficient (Wildman–Crippen LogP) is 3.32. The van der Waals surface area contributed by atoms with Crippen LogP contribution in [0.2, 0.25) is 5.02 Å². The van der Waals surface area contributed by atoms with E-state index in [0.717, 1.165) is 5.69 Å². The minimum Gasteiger partial charge on any atom is -0.484 e. The first-order valence-corrected chi connectivity index (χ1v) is 10.2. The van der Waals surface area contributed by atoms with Crippen LogP contribution in [0.5, 0.6) is 5.75 Å². The fourth-order valence-electron chi connectivity index (χ4n) is 3.30. The van der Waals surface area contributed by atoms with Crippen molar-refractivity contribution < 1.29 is 19.2 Å². The quantitative estimate of drug-likeness (QED) is 0.516. The zero-order chi connectivity index (χ0) is 22.4. The highest BCUT2D eigenvalue weighted by Gasteiger charge is 2.22. The molecule has 1 saturated heterocycles. The first-order chi connectivity index (χ1) is 14.9. The number of piperazine rings is 1.